The van der Waals surface area contributed by atoms with Gasteiger partial charge in [-0.05, 0) is 56.0 Å². The van der Waals surface area contributed by atoms with E-state index in [0.29, 0.717) is 56.9 Å². The molecule has 2 aromatic rings. The first-order valence-corrected chi connectivity index (χ1v) is 10.8. The number of ether oxygens (including phenoxy) is 2. The van der Waals surface area contributed by atoms with Gasteiger partial charge in [-0.15, -0.1) is 0 Å². The van der Waals surface area contributed by atoms with Gasteiger partial charge in [0.1, 0.15) is 11.5 Å². The molecule has 0 bridgehead atoms. The van der Waals surface area contributed by atoms with Crippen LogP contribution in [-0.2, 0) is 11.2 Å². The van der Waals surface area contributed by atoms with E-state index in [2.05, 4.69) is 5.32 Å². The topological polar surface area (TPSA) is 108 Å². The zero-order valence-corrected chi connectivity index (χ0v) is 18.5. The summed E-state index contributed by atoms with van der Waals surface area (Å²) in [6.45, 7) is 3.61. The number of carbonyl (C=O) groups excluding carboxylic acids is 2. The summed E-state index contributed by atoms with van der Waals surface area (Å²) >= 11 is 0. The number of phenolic OH excluding ortho intramolecular Hbond substituents is 2. The molecule has 0 aromatic heterocycles. The lowest BCUT2D eigenvalue weighted by atomic mass is 10.0. The molecule has 2 amide bonds. The summed E-state index contributed by atoms with van der Waals surface area (Å²) in [5, 5.41) is 22.0. The smallest absolute Gasteiger partial charge is 0.251 e. The maximum atomic E-state index is 12.6. The number of likely N-dealkylation sites (tertiary alicyclic amines) is 1. The molecular weight excluding hydrogens is 412 g/mol. The molecule has 1 saturated heterocycles. The molecule has 8 heteroatoms. The fourth-order valence-corrected chi connectivity index (χ4v) is 3.82. The minimum absolute atomic E-state index is 0.0635. The van der Waals surface area contributed by atoms with Crippen molar-refractivity contribution in [3.63, 3.8) is 0 Å². The zero-order valence-electron chi connectivity index (χ0n) is 18.5. The number of aromatic hydroxyl groups is 2. The predicted octanol–water partition coefficient (Wildman–Crippen LogP) is 2.86. The maximum absolute atomic E-state index is 12.6. The van der Waals surface area contributed by atoms with Crippen molar-refractivity contribution < 1.29 is 29.3 Å². The summed E-state index contributed by atoms with van der Waals surface area (Å²) in [6, 6.07) is 9.44. The molecule has 32 heavy (non-hydrogen) atoms. The van der Waals surface area contributed by atoms with E-state index in [-0.39, 0.29) is 34.9 Å². The molecule has 0 spiro atoms. The van der Waals surface area contributed by atoms with Crippen LogP contribution in [0.2, 0.25) is 0 Å². The predicted molar refractivity (Wildman–Crippen MR) is 119 cm³/mol. The van der Waals surface area contributed by atoms with Crippen molar-refractivity contribution in [2.75, 3.05) is 26.8 Å². The van der Waals surface area contributed by atoms with Gasteiger partial charge in [-0.2, -0.15) is 0 Å². The molecule has 8 nitrogen and oxygen atoms in total. The molecule has 0 unspecified atom stereocenters. The van der Waals surface area contributed by atoms with Gasteiger partial charge in [0, 0.05) is 37.2 Å². The standard InChI is InChI=1S/C24H30N2O6/c1-3-32-21-6-4-16(12-22(21)31-2)5-7-23(29)26-10-8-18(9-11-26)25-24(30)17-13-19(27)15-20(28)14-17/h4,6,12-15,18,27-28H,3,5,7-11H2,1-2H3,(H,25,30). The van der Waals surface area contributed by atoms with Crippen LogP contribution in [0.15, 0.2) is 36.4 Å². The number of benzene rings is 2. The number of phenols is 2. The summed E-state index contributed by atoms with van der Waals surface area (Å²) in [7, 11) is 1.60. The van der Waals surface area contributed by atoms with Gasteiger partial charge >= 0.3 is 0 Å². The third-order valence-corrected chi connectivity index (χ3v) is 5.50. The van der Waals surface area contributed by atoms with Crippen LogP contribution in [0.25, 0.3) is 0 Å². The average molecular weight is 443 g/mol. The van der Waals surface area contributed by atoms with Crippen LogP contribution in [0.4, 0.5) is 0 Å². The molecule has 2 aromatic carbocycles. The van der Waals surface area contributed by atoms with Gasteiger partial charge < -0.3 is 29.9 Å². The van der Waals surface area contributed by atoms with E-state index in [1.165, 1.54) is 18.2 Å². The number of methoxy groups -OCH3 is 1. The molecule has 0 saturated carbocycles. The number of amides is 2. The van der Waals surface area contributed by atoms with Crippen molar-refractivity contribution in [1.29, 1.82) is 0 Å². The number of hydrogen-bond acceptors (Lipinski definition) is 6. The summed E-state index contributed by atoms with van der Waals surface area (Å²) < 4.78 is 10.9. The lowest BCUT2D eigenvalue weighted by Crippen LogP contribution is -2.46. The molecule has 3 N–H and O–H groups in total. The van der Waals surface area contributed by atoms with E-state index in [1.807, 2.05) is 30.0 Å². The highest BCUT2D eigenvalue weighted by Crippen LogP contribution is 2.28. The van der Waals surface area contributed by atoms with Crippen molar-refractivity contribution in [2.24, 2.45) is 0 Å². The Labute approximate surface area is 187 Å². The van der Waals surface area contributed by atoms with Crippen LogP contribution in [0, 0.1) is 0 Å². The fraction of sp³-hybridized carbons (Fsp3) is 0.417. The molecule has 0 aliphatic carbocycles. The van der Waals surface area contributed by atoms with Gasteiger partial charge in [-0.1, -0.05) is 6.07 Å². The molecule has 0 atom stereocenters. The van der Waals surface area contributed by atoms with Crippen LogP contribution < -0.4 is 14.8 Å². The Hall–Kier alpha value is -3.42. The Morgan fingerprint density at radius 3 is 2.38 bits per heavy atom. The second kappa shape index (κ2) is 10.7. The van der Waals surface area contributed by atoms with Crippen LogP contribution in [0.1, 0.15) is 42.1 Å². The maximum Gasteiger partial charge on any atom is 0.251 e. The summed E-state index contributed by atoms with van der Waals surface area (Å²) in [5.41, 5.74) is 1.21. The highest BCUT2D eigenvalue weighted by Gasteiger charge is 2.24. The molecule has 1 heterocycles. The first-order valence-electron chi connectivity index (χ1n) is 10.8. The van der Waals surface area contributed by atoms with Gasteiger partial charge in [0.05, 0.1) is 13.7 Å². The second-order valence-electron chi connectivity index (χ2n) is 7.78. The van der Waals surface area contributed by atoms with Crippen molar-refractivity contribution in [3.05, 3.63) is 47.5 Å². The molecule has 0 radical (unpaired) electrons. The second-order valence-corrected chi connectivity index (χ2v) is 7.78. The first-order chi connectivity index (χ1) is 15.4. The molecule has 1 aliphatic heterocycles. The normalized spacial score (nSPS) is 14.1. The molecule has 3 rings (SSSR count). The van der Waals surface area contributed by atoms with Gasteiger partial charge in [0.2, 0.25) is 5.91 Å². The summed E-state index contributed by atoms with van der Waals surface area (Å²) in [6.07, 6.45) is 2.31. The van der Waals surface area contributed by atoms with Crippen LogP contribution >= 0.6 is 0 Å². The van der Waals surface area contributed by atoms with Crippen LogP contribution in [0.3, 0.4) is 0 Å². The third kappa shape index (κ3) is 6.06. The van der Waals surface area contributed by atoms with E-state index >= 15 is 0 Å². The molecule has 1 fully saturated rings. The fourth-order valence-electron chi connectivity index (χ4n) is 3.82. The quantitative estimate of drug-likeness (QED) is 0.580. The van der Waals surface area contributed by atoms with E-state index in [1.54, 1.807) is 7.11 Å². The van der Waals surface area contributed by atoms with E-state index in [9.17, 15) is 19.8 Å². The lowest BCUT2D eigenvalue weighted by Gasteiger charge is -2.32. The summed E-state index contributed by atoms with van der Waals surface area (Å²) in [4.78, 5) is 26.9. The summed E-state index contributed by atoms with van der Waals surface area (Å²) in [5.74, 6) is 0.746. The van der Waals surface area contributed by atoms with Gasteiger partial charge in [0.25, 0.3) is 5.91 Å². The number of rotatable bonds is 8. The third-order valence-electron chi connectivity index (χ3n) is 5.50. The Bertz CT molecular complexity index is 933. The van der Waals surface area contributed by atoms with Crippen molar-refractivity contribution >= 4 is 11.8 Å². The zero-order chi connectivity index (χ0) is 23.1. The van der Waals surface area contributed by atoms with Gasteiger partial charge in [-0.25, -0.2) is 0 Å². The van der Waals surface area contributed by atoms with Crippen LogP contribution in [0.5, 0.6) is 23.0 Å². The Morgan fingerprint density at radius 1 is 1.06 bits per heavy atom. The highest BCUT2D eigenvalue weighted by molar-refractivity contribution is 5.95. The van der Waals surface area contributed by atoms with Crippen molar-refractivity contribution in [1.82, 2.24) is 10.2 Å². The van der Waals surface area contributed by atoms with E-state index < -0.39 is 0 Å². The van der Waals surface area contributed by atoms with Crippen molar-refractivity contribution in [3.8, 4) is 23.0 Å². The lowest BCUT2D eigenvalue weighted by molar-refractivity contribution is -0.132. The van der Waals surface area contributed by atoms with E-state index in [4.69, 9.17) is 9.47 Å². The first kappa shape index (κ1) is 23.2. The van der Waals surface area contributed by atoms with Crippen LogP contribution in [-0.4, -0.2) is 59.8 Å². The number of nitrogens with zero attached hydrogens (tertiary/aromatic N) is 1. The Balaban J connectivity index is 1.46. The number of piperidine rings is 1. The number of nitrogens with one attached hydrogen (secondary N) is 1. The minimum Gasteiger partial charge on any atom is -0.508 e. The SMILES string of the molecule is CCOc1ccc(CCC(=O)N2CCC(NC(=O)c3cc(O)cc(O)c3)CC2)cc1OC. The number of carbonyl (C=O) groups is 2. The molecule has 1 aliphatic rings. The van der Waals surface area contributed by atoms with Crippen molar-refractivity contribution in [2.45, 2.75) is 38.6 Å². The monoisotopic (exact) mass is 442 g/mol. The number of aryl methyl sites for hydroxylation is 1. The molecule has 172 valence electrons. The average Bonchev–Trinajstić information content (AvgIpc) is 2.78. The van der Waals surface area contributed by atoms with E-state index in [0.717, 1.165) is 5.56 Å². The largest absolute Gasteiger partial charge is 0.508 e. The Morgan fingerprint density at radius 2 is 1.75 bits per heavy atom. The van der Waals surface area contributed by atoms with Gasteiger partial charge in [-0.3, -0.25) is 9.59 Å². The van der Waals surface area contributed by atoms with Gasteiger partial charge in [0.15, 0.2) is 11.5 Å². The minimum atomic E-state index is -0.356. The Kier molecular flexibility index (Phi) is 7.81. The highest BCUT2D eigenvalue weighted by atomic mass is 16.5. The number of hydrogen-bond donors (Lipinski definition) is 3. The molecular formula is C24H30N2O6.